The molecule has 7 heteroatoms. The van der Waals surface area contributed by atoms with Gasteiger partial charge in [-0.05, 0) is 17.5 Å². The molecule has 3 aromatic rings. The van der Waals surface area contributed by atoms with E-state index >= 15 is 0 Å². The number of aromatic nitrogens is 3. The topological polar surface area (TPSA) is 63.8 Å². The minimum Gasteiger partial charge on any atom is -0.337 e. The molecule has 0 aliphatic carbocycles. The predicted octanol–water partition coefficient (Wildman–Crippen LogP) is 2.72. The van der Waals surface area contributed by atoms with Crippen molar-refractivity contribution in [1.82, 2.24) is 20.4 Å². The molecule has 1 aliphatic rings. The van der Waals surface area contributed by atoms with E-state index in [-0.39, 0.29) is 6.04 Å². The molecule has 102 valence electrons. The van der Waals surface area contributed by atoms with Gasteiger partial charge >= 0.3 is 0 Å². The summed E-state index contributed by atoms with van der Waals surface area (Å²) in [5.74, 6) is 3.39. The molecule has 0 spiro atoms. The molecule has 1 unspecified atom stereocenters. The predicted molar refractivity (Wildman–Crippen MR) is 81.0 cm³/mol. The van der Waals surface area contributed by atoms with Crippen molar-refractivity contribution in [3.05, 3.63) is 29.6 Å². The Balaban J connectivity index is 1.66. The molecule has 5 nitrogen and oxygen atoms in total. The van der Waals surface area contributed by atoms with Gasteiger partial charge < -0.3 is 9.84 Å². The number of pyridine rings is 1. The Bertz CT molecular complexity index is 733. The van der Waals surface area contributed by atoms with Crippen LogP contribution in [0.25, 0.3) is 21.6 Å². The fourth-order valence-corrected chi connectivity index (χ4v) is 3.89. The van der Waals surface area contributed by atoms with Gasteiger partial charge in [-0.3, -0.25) is 4.98 Å². The molecule has 4 heterocycles. The molecule has 1 aliphatic heterocycles. The third kappa shape index (κ3) is 2.21. The summed E-state index contributed by atoms with van der Waals surface area (Å²) in [7, 11) is 0. The minimum absolute atomic E-state index is 0.161. The molecule has 0 saturated carbocycles. The largest absolute Gasteiger partial charge is 0.337 e. The van der Waals surface area contributed by atoms with E-state index in [1.807, 2.05) is 23.2 Å². The first-order chi connectivity index (χ1) is 9.90. The normalized spacial score (nSPS) is 19.5. The van der Waals surface area contributed by atoms with E-state index in [1.165, 1.54) is 0 Å². The lowest BCUT2D eigenvalue weighted by atomic mass is 10.2. The molecule has 20 heavy (non-hydrogen) atoms. The van der Waals surface area contributed by atoms with Crippen molar-refractivity contribution in [2.75, 3.05) is 18.1 Å². The summed E-state index contributed by atoms with van der Waals surface area (Å²) in [6.45, 7) is 0.982. The van der Waals surface area contributed by atoms with Crippen LogP contribution in [0.3, 0.4) is 0 Å². The lowest BCUT2D eigenvalue weighted by Gasteiger charge is -2.19. The number of nitrogens with zero attached hydrogens (tertiary/aromatic N) is 3. The van der Waals surface area contributed by atoms with E-state index in [2.05, 4.69) is 26.5 Å². The Morgan fingerprint density at radius 2 is 2.40 bits per heavy atom. The fraction of sp³-hybridized carbons (Fsp3) is 0.308. The van der Waals surface area contributed by atoms with Gasteiger partial charge in [0.15, 0.2) is 0 Å². The summed E-state index contributed by atoms with van der Waals surface area (Å²) in [5, 5.41) is 9.51. The molecule has 1 atom stereocenters. The molecule has 1 N–H and O–H groups in total. The Labute approximate surface area is 123 Å². The lowest BCUT2D eigenvalue weighted by Crippen LogP contribution is -2.30. The first-order valence-electron chi connectivity index (χ1n) is 6.38. The quantitative estimate of drug-likeness (QED) is 0.785. The van der Waals surface area contributed by atoms with Crippen LogP contribution in [0.2, 0.25) is 0 Å². The van der Waals surface area contributed by atoms with E-state index in [1.54, 1.807) is 17.5 Å². The number of fused-ring (bicyclic) bond motifs is 1. The summed E-state index contributed by atoms with van der Waals surface area (Å²) >= 11 is 3.57. The van der Waals surface area contributed by atoms with Gasteiger partial charge in [0.05, 0.1) is 16.3 Å². The molecular weight excluding hydrogens is 292 g/mol. The smallest absolute Gasteiger partial charge is 0.244 e. The van der Waals surface area contributed by atoms with Gasteiger partial charge in [-0.2, -0.15) is 16.7 Å². The zero-order valence-electron chi connectivity index (χ0n) is 10.6. The Morgan fingerprint density at radius 3 is 3.30 bits per heavy atom. The highest BCUT2D eigenvalue weighted by atomic mass is 32.2. The maximum absolute atomic E-state index is 5.39. The van der Waals surface area contributed by atoms with Crippen LogP contribution in [0.5, 0.6) is 0 Å². The number of hydrogen-bond acceptors (Lipinski definition) is 7. The number of hydrogen-bond donors (Lipinski definition) is 1. The Hall–Kier alpha value is -1.44. The molecule has 0 amide bonds. The fourth-order valence-electron chi connectivity index (χ4n) is 2.19. The molecule has 0 aromatic carbocycles. The van der Waals surface area contributed by atoms with Crippen LogP contribution in [0, 0.1) is 0 Å². The van der Waals surface area contributed by atoms with E-state index in [0.717, 1.165) is 33.8 Å². The summed E-state index contributed by atoms with van der Waals surface area (Å²) in [4.78, 5) is 8.91. The highest BCUT2D eigenvalue weighted by Crippen LogP contribution is 2.26. The average Bonchev–Trinajstić information content (AvgIpc) is 3.16. The van der Waals surface area contributed by atoms with Gasteiger partial charge in [-0.15, -0.1) is 11.3 Å². The summed E-state index contributed by atoms with van der Waals surface area (Å²) in [6.07, 6.45) is 1.80. The van der Waals surface area contributed by atoms with Crippen LogP contribution < -0.4 is 5.32 Å². The van der Waals surface area contributed by atoms with Crippen LogP contribution in [0.1, 0.15) is 11.9 Å². The second kappa shape index (κ2) is 5.16. The minimum atomic E-state index is 0.161. The van der Waals surface area contributed by atoms with Gasteiger partial charge in [0.2, 0.25) is 11.7 Å². The highest BCUT2D eigenvalue weighted by Gasteiger charge is 2.21. The van der Waals surface area contributed by atoms with Crippen LogP contribution in [-0.4, -0.2) is 33.2 Å². The Kier molecular flexibility index (Phi) is 3.17. The van der Waals surface area contributed by atoms with Crippen LogP contribution >= 0.6 is 23.1 Å². The van der Waals surface area contributed by atoms with Gasteiger partial charge in [-0.1, -0.05) is 5.16 Å². The van der Waals surface area contributed by atoms with Crippen molar-refractivity contribution in [3.8, 4) is 11.4 Å². The maximum atomic E-state index is 5.39. The number of rotatable bonds is 2. The van der Waals surface area contributed by atoms with E-state index in [9.17, 15) is 0 Å². The van der Waals surface area contributed by atoms with Crippen LogP contribution in [0.15, 0.2) is 28.2 Å². The molecular formula is C13H12N4OS2. The van der Waals surface area contributed by atoms with Crippen molar-refractivity contribution < 1.29 is 4.52 Å². The van der Waals surface area contributed by atoms with E-state index in [0.29, 0.717) is 11.7 Å². The van der Waals surface area contributed by atoms with Gasteiger partial charge in [-0.25, -0.2) is 0 Å². The summed E-state index contributed by atoms with van der Waals surface area (Å²) in [6, 6.07) is 4.23. The summed E-state index contributed by atoms with van der Waals surface area (Å²) in [5.41, 5.74) is 1.91. The molecule has 0 bridgehead atoms. The molecule has 4 rings (SSSR count). The second-order valence-electron chi connectivity index (χ2n) is 4.57. The molecule has 1 saturated heterocycles. The third-order valence-electron chi connectivity index (χ3n) is 3.22. The van der Waals surface area contributed by atoms with Crippen LogP contribution in [-0.2, 0) is 0 Å². The molecule has 1 fully saturated rings. The third-order valence-corrected chi connectivity index (χ3v) is 5.14. The van der Waals surface area contributed by atoms with Crippen molar-refractivity contribution >= 4 is 33.3 Å². The average molecular weight is 304 g/mol. The van der Waals surface area contributed by atoms with Gasteiger partial charge in [0, 0.05) is 29.8 Å². The molecule has 0 radical (unpaired) electrons. The van der Waals surface area contributed by atoms with E-state index < -0.39 is 0 Å². The molecule has 3 aromatic heterocycles. The second-order valence-corrected chi connectivity index (χ2v) is 6.66. The first-order valence-corrected chi connectivity index (χ1v) is 8.42. The highest BCUT2D eigenvalue weighted by molar-refractivity contribution is 7.99. The number of thiophene rings is 1. The number of thioether (sulfide) groups is 1. The van der Waals surface area contributed by atoms with Crippen molar-refractivity contribution in [3.63, 3.8) is 0 Å². The van der Waals surface area contributed by atoms with E-state index in [4.69, 9.17) is 4.52 Å². The van der Waals surface area contributed by atoms with Crippen LogP contribution in [0.4, 0.5) is 0 Å². The number of nitrogens with one attached hydrogen (secondary N) is 1. The standard InChI is InChI=1S/C13H12N4OS2/c1-3-20-11-5-8(6-15-9(1)11)12-16-13(18-17-12)10-7-19-4-2-14-10/h1,3,5-6,10,14H,2,4,7H2. The van der Waals surface area contributed by atoms with Gasteiger partial charge in [0.25, 0.3) is 0 Å². The zero-order chi connectivity index (χ0) is 13.4. The van der Waals surface area contributed by atoms with Gasteiger partial charge in [0.1, 0.15) is 0 Å². The maximum Gasteiger partial charge on any atom is 0.244 e. The monoisotopic (exact) mass is 304 g/mol. The Morgan fingerprint density at radius 1 is 1.40 bits per heavy atom. The van der Waals surface area contributed by atoms with Crippen molar-refractivity contribution in [1.29, 1.82) is 0 Å². The summed E-state index contributed by atoms with van der Waals surface area (Å²) < 4.78 is 6.53. The van der Waals surface area contributed by atoms with Crippen molar-refractivity contribution in [2.45, 2.75) is 6.04 Å². The zero-order valence-corrected chi connectivity index (χ0v) is 12.2. The van der Waals surface area contributed by atoms with Crippen molar-refractivity contribution in [2.24, 2.45) is 0 Å². The first kappa shape index (κ1) is 12.3. The SMILES string of the molecule is c1cc2ncc(-c3noc(C4CSCCN4)n3)cc2s1. The lowest BCUT2D eigenvalue weighted by molar-refractivity contribution is 0.342.